The van der Waals surface area contributed by atoms with Gasteiger partial charge in [0.2, 0.25) is 0 Å². The van der Waals surface area contributed by atoms with Crippen LogP contribution in [0.2, 0.25) is 0 Å². The number of carbonyl (C=O) groups is 2. The molecule has 0 radical (unpaired) electrons. The van der Waals surface area contributed by atoms with Crippen molar-refractivity contribution in [3.05, 3.63) is 0 Å². The minimum absolute atomic E-state index is 0.0474. The van der Waals surface area contributed by atoms with Gasteiger partial charge in [-0.3, -0.25) is 14.6 Å². The molecule has 21 heavy (non-hydrogen) atoms. The second-order valence-electron chi connectivity index (χ2n) is 6.39. The molecule has 7 nitrogen and oxygen atoms in total. The van der Waals surface area contributed by atoms with Crippen LogP contribution < -0.4 is 10.6 Å². The van der Waals surface area contributed by atoms with Gasteiger partial charge in [-0.25, -0.2) is 4.79 Å². The Labute approximate surface area is 125 Å². The molecule has 1 atom stereocenters. The summed E-state index contributed by atoms with van der Waals surface area (Å²) in [5.41, 5.74) is -0.683. The van der Waals surface area contributed by atoms with Crippen molar-refractivity contribution in [2.45, 2.75) is 18.4 Å². The van der Waals surface area contributed by atoms with Gasteiger partial charge in [-0.15, -0.1) is 0 Å². The molecular formula is C14H25N5O2. The molecule has 118 valence electrons. The van der Waals surface area contributed by atoms with Gasteiger partial charge in [0.25, 0.3) is 5.91 Å². The number of hydrogen-bond acceptors (Lipinski definition) is 5. The summed E-state index contributed by atoms with van der Waals surface area (Å²) in [5.74, 6) is -0.0474. The maximum atomic E-state index is 12.6. The molecule has 3 amide bonds. The van der Waals surface area contributed by atoms with Crippen LogP contribution in [0.3, 0.4) is 0 Å². The lowest BCUT2D eigenvalue weighted by molar-refractivity contribution is -0.132. The van der Waals surface area contributed by atoms with E-state index in [9.17, 15) is 9.59 Å². The van der Waals surface area contributed by atoms with Crippen LogP contribution in [0.25, 0.3) is 0 Å². The summed E-state index contributed by atoms with van der Waals surface area (Å²) < 4.78 is 0. The van der Waals surface area contributed by atoms with Gasteiger partial charge in [0.1, 0.15) is 5.54 Å². The van der Waals surface area contributed by atoms with Crippen molar-refractivity contribution >= 4 is 11.9 Å². The minimum atomic E-state index is -0.683. The molecule has 2 N–H and O–H groups in total. The van der Waals surface area contributed by atoms with Crippen LogP contribution in [-0.4, -0.2) is 91.6 Å². The number of nitrogens with one attached hydrogen (secondary N) is 2. The lowest BCUT2D eigenvalue weighted by Gasteiger charge is -2.33. The summed E-state index contributed by atoms with van der Waals surface area (Å²) in [6, 6.07) is -0.224. The molecule has 0 bridgehead atoms. The fourth-order valence-electron chi connectivity index (χ4n) is 3.39. The minimum Gasteiger partial charge on any atom is -0.322 e. The van der Waals surface area contributed by atoms with Crippen molar-refractivity contribution < 1.29 is 9.59 Å². The normalized spacial score (nSPS) is 32.0. The molecule has 0 aromatic rings. The van der Waals surface area contributed by atoms with Crippen LogP contribution in [0.5, 0.6) is 0 Å². The Morgan fingerprint density at radius 1 is 1.14 bits per heavy atom. The summed E-state index contributed by atoms with van der Waals surface area (Å²) in [7, 11) is 2.12. The fourth-order valence-corrected chi connectivity index (χ4v) is 3.39. The Morgan fingerprint density at radius 3 is 2.57 bits per heavy atom. The zero-order valence-electron chi connectivity index (χ0n) is 12.7. The molecule has 0 aliphatic carbocycles. The van der Waals surface area contributed by atoms with E-state index in [1.807, 2.05) is 0 Å². The van der Waals surface area contributed by atoms with E-state index in [0.717, 1.165) is 52.1 Å². The molecule has 0 aromatic carbocycles. The smallest absolute Gasteiger partial charge is 0.322 e. The third kappa shape index (κ3) is 2.90. The highest BCUT2D eigenvalue weighted by Gasteiger charge is 2.51. The predicted octanol–water partition coefficient (Wildman–Crippen LogP) is -1.09. The molecule has 1 unspecified atom stereocenters. The van der Waals surface area contributed by atoms with Crippen LogP contribution in [0.4, 0.5) is 4.79 Å². The summed E-state index contributed by atoms with van der Waals surface area (Å²) in [6.45, 7) is 6.86. The van der Waals surface area contributed by atoms with Crippen LogP contribution >= 0.6 is 0 Å². The van der Waals surface area contributed by atoms with E-state index < -0.39 is 5.54 Å². The topological polar surface area (TPSA) is 67.9 Å². The Balaban J connectivity index is 1.56. The standard InChI is InChI=1S/C14H25N5O2/c1-17-5-7-18(8-6-17)9-10-19-12(20)14(16-13(19)21)3-2-4-15-11-14/h15H,2-11H2,1H3,(H,16,21). The SMILES string of the molecule is CN1CCN(CCN2C(=O)NC3(CCCNC3)C2=O)CC1. The van der Waals surface area contributed by atoms with E-state index in [-0.39, 0.29) is 11.9 Å². The molecular weight excluding hydrogens is 270 g/mol. The fraction of sp³-hybridized carbons (Fsp3) is 0.857. The molecule has 3 aliphatic heterocycles. The van der Waals surface area contributed by atoms with Gasteiger partial charge in [-0.1, -0.05) is 0 Å². The molecule has 0 aromatic heterocycles. The van der Waals surface area contributed by atoms with Gasteiger partial charge in [-0.05, 0) is 26.4 Å². The first kappa shape index (κ1) is 14.7. The first-order valence-corrected chi connectivity index (χ1v) is 7.86. The Hall–Kier alpha value is -1.18. The van der Waals surface area contributed by atoms with Crippen molar-refractivity contribution in [3.8, 4) is 0 Å². The van der Waals surface area contributed by atoms with E-state index in [4.69, 9.17) is 0 Å². The number of imide groups is 1. The van der Waals surface area contributed by atoms with Crippen LogP contribution in [0.1, 0.15) is 12.8 Å². The lowest BCUT2D eigenvalue weighted by atomic mass is 9.90. The van der Waals surface area contributed by atoms with Gasteiger partial charge in [0, 0.05) is 45.8 Å². The molecule has 3 rings (SSSR count). The van der Waals surface area contributed by atoms with Gasteiger partial charge in [-0.2, -0.15) is 0 Å². The lowest BCUT2D eigenvalue weighted by Crippen LogP contribution is -2.57. The van der Waals surface area contributed by atoms with E-state index in [1.54, 1.807) is 0 Å². The number of urea groups is 1. The number of piperidine rings is 1. The third-order valence-corrected chi connectivity index (χ3v) is 4.87. The zero-order chi connectivity index (χ0) is 14.9. The largest absolute Gasteiger partial charge is 0.325 e. The molecule has 0 saturated carbocycles. The first-order valence-electron chi connectivity index (χ1n) is 7.86. The predicted molar refractivity (Wildman–Crippen MR) is 79.0 cm³/mol. The monoisotopic (exact) mass is 295 g/mol. The number of rotatable bonds is 3. The molecule has 7 heteroatoms. The Kier molecular flexibility index (Phi) is 4.14. The summed E-state index contributed by atoms with van der Waals surface area (Å²) in [6.07, 6.45) is 1.67. The highest BCUT2D eigenvalue weighted by Crippen LogP contribution is 2.24. The summed E-state index contributed by atoms with van der Waals surface area (Å²) in [4.78, 5) is 30.7. The second kappa shape index (κ2) is 5.90. The van der Waals surface area contributed by atoms with Crippen molar-refractivity contribution in [3.63, 3.8) is 0 Å². The number of likely N-dealkylation sites (N-methyl/N-ethyl adjacent to an activating group) is 1. The molecule has 3 heterocycles. The Bertz CT molecular complexity index is 414. The van der Waals surface area contributed by atoms with Crippen molar-refractivity contribution in [1.82, 2.24) is 25.3 Å². The highest BCUT2D eigenvalue weighted by atomic mass is 16.2. The van der Waals surface area contributed by atoms with Gasteiger partial charge < -0.3 is 15.5 Å². The number of piperazine rings is 1. The maximum absolute atomic E-state index is 12.6. The molecule has 1 spiro atoms. The second-order valence-corrected chi connectivity index (χ2v) is 6.39. The van der Waals surface area contributed by atoms with Crippen molar-refractivity contribution in [2.75, 3.05) is 59.4 Å². The van der Waals surface area contributed by atoms with Crippen molar-refractivity contribution in [1.29, 1.82) is 0 Å². The highest BCUT2D eigenvalue weighted by molar-refractivity contribution is 6.07. The summed E-state index contributed by atoms with van der Waals surface area (Å²) in [5, 5.41) is 6.13. The van der Waals surface area contributed by atoms with Gasteiger partial charge in [0.15, 0.2) is 0 Å². The molecule has 3 fully saturated rings. The first-order chi connectivity index (χ1) is 10.1. The average Bonchev–Trinajstić information content (AvgIpc) is 2.71. The quantitative estimate of drug-likeness (QED) is 0.648. The number of nitrogens with zero attached hydrogens (tertiary/aromatic N) is 3. The van der Waals surface area contributed by atoms with E-state index in [0.29, 0.717) is 13.1 Å². The van der Waals surface area contributed by atoms with Crippen molar-refractivity contribution in [2.24, 2.45) is 0 Å². The molecule has 3 aliphatic rings. The number of amides is 3. The zero-order valence-corrected chi connectivity index (χ0v) is 12.7. The van der Waals surface area contributed by atoms with E-state index >= 15 is 0 Å². The van der Waals surface area contributed by atoms with Crippen LogP contribution in [0.15, 0.2) is 0 Å². The van der Waals surface area contributed by atoms with E-state index in [2.05, 4.69) is 27.5 Å². The van der Waals surface area contributed by atoms with Crippen LogP contribution in [0, 0.1) is 0 Å². The van der Waals surface area contributed by atoms with Gasteiger partial charge in [0.05, 0.1) is 0 Å². The number of carbonyl (C=O) groups excluding carboxylic acids is 2. The van der Waals surface area contributed by atoms with Gasteiger partial charge >= 0.3 is 6.03 Å². The third-order valence-electron chi connectivity index (χ3n) is 4.87. The maximum Gasteiger partial charge on any atom is 0.325 e. The Morgan fingerprint density at radius 2 is 1.90 bits per heavy atom. The van der Waals surface area contributed by atoms with Crippen LogP contribution in [-0.2, 0) is 4.79 Å². The number of hydrogen-bond donors (Lipinski definition) is 2. The average molecular weight is 295 g/mol. The summed E-state index contributed by atoms with van der Waals surface area (Å²) >= 11 is 0. The van der Waals surface area contributed by atoms with E-state index in [1.165, 1.54) is 4.90 Å². The molecule has 3 saturated heterocycles.